The molecular formula is C12H25NOS. The lowest BCUT2D eigenvalue weighted by atomic mass is 10.1. The summed E-state index contributed by atoms with van der Waals surface area (Å²) in [6.07, 6.45) is 0. The van der Waals surface area contributed by atoms with Crippen molar-refractivity contribution in [3.63, 3.8) is 0 Å². The molecule has 90 valence electrons. The van der Waals surface area contributed by atoms with Crippen molar-refractivity contribution in [2.24, 2.45) is 5.92 Å². The van der Waals surface area contributed by atoms with E-state index in [4.69, 9.17) is 0 Å². The fourth-order valence-corrected chi connectivity index (χ4v) is 1.99. The molecule has 0 spiro atoms. The molecule has 0 saturated heterocycles. The molecule has 0 amide bonds. The van der Waals surface area contributed by atoms with Crippen LogP contribution in [0.1, 0.15) is 41.5 Å². The predicted octanol–water partition coefficient (Wildman–Crippen LogP) is 2.72. The summed E-state index contributed by atoms with van der Waals surface area (Å²) in [5.74, 6) is 1.13. The van der Waals surface area contributed by atoms with E-state index in [0.29, 0.717) is 17.6 Å². The van der Waals surface area contributed by atoms with Gasteiger partial charge in [0, 0.05) is 23.3 Å². The summed E-state index contributed by atoms with van der Waals surface area (Å²) < 4.78 is 0.134. The fourth-order valence-electron chi connectivity index (χ4n) is 0.934. The van der Waals surface area contributed by atoms with E-state index in [1.54, 1.807) is 11.8 Å². The van der Waals surface area contributed by atoms with Crippen LogP contribution in [-0.4, -0.2) is 28.9 Å². The standard InChI is InChI=1S/C12H25NOS/c1-9(2)11(14)7-15-12(5,6)8-13-10(3)4/h9-10,13H,7-8H2,1-6H3. The fraction of sp³-hybridized carbons (Fsp3) is 0.917. The Morgan fingerprint density at radius 1 is 1.27 bits per heavy atom. The Labute approximate surface area is 98.6 Å². The van der Waals surface area contributed by atoms with Crippen molar-refractivity contribution in [2.45, 2.75) is 52.3 Å². The molecule has 0 aromatic rings. The van der Waals surface area contributed by atoms with Crippen LogP contribution >= 0.6 is 11.8 Å². The molecule has 0 aromatic carbocycles. The van der Waals surface area contributed by atoms with Gasteiger partial charge in [-0.1, -0.05) is 27.7 Å². The van der Waals surface area contributed by atoms with Gasteiger partial charge < -0.3 is 5.32 Å². The second kappa shape index (κ2) is 6.54. The van der Waals surface area contributed by atoms with Gasteiger partial charge in [-0.3, -0.25) is 4.79 Å². The molecule has 0 rings (SSSR count). The quantitative estimate of drug-likeness (QED) is 0.730. The first-order chi connectivity index (χ1) is 6.74. The summed E-state index contributed by atoms with van der Waals surface area (Å²) in [6, 6.07) is 0.505. The van der Waals surface area contributed by atoms with Gasteiger partial charge in [-0.05, 0) is 13.8 Å². The minimum atomic E-state index is 0.134. The van der Waals surface area contributed by atoms with Crippen molar-refractivity contribution in [3.05, 3.63) is 0 Å². The van der Waals surface area contributed by atoms with Crippen LogP contribution in [0.2, 0.25) is 0 Å². The smallest absolute Gasteiger partial charge is 0.145 e. The molecule has 0 aliphatic rings. The molecule has 0 unspecified atom stereocenters. The highest BCUT2D eigenvalue weighted by molar-refractivity contribution is 8.01. The Morgan fingerprint density at radius 2 is 1.80 bits per heavy atom. The molecule has 0 aliphatic heterocycles. The molecule has 2 nitrogen and oxygen atoms in total. The van der Waals surface area contributed by atoms with Crippen molar-refractivity contribution in [1.82, 2.24) is 5.32 Å². The van der Waals surface area contributed by atoms with Crippen LogP contribution in [0.3, 0.4) is 0 Å². The van der Waals surface area contributed by atoms with Gasteiger partial charge in [0.05, 0.1) is 5.75 Å². The number of ketones is 1. The van der Waals surface area contributed by atoms with Crippen LogP contribution in [0.5, 0.6) is 0 Å². The summed E-state index contributed by atoms with van der Waals surface area (Å²) in [4.78, 5) is 11.5. The zero-order valence-electron chi connectivity index (χ0n) is 10.9. The van der Waals surface area contributed by atoms with E-state index in [0.717, 1.165) is 6.54 Å². The average molecular weight is 231 g/mol. The van der Waals surface area contributed by atoms with E-state index in [9.17, 15) is 4.79 Å². The topological polar surface area (TPSA) is 29.1 Å². The van der Waals surface area contributed by atoms with E-state index in [1.807, 2.05) is 13.8 Å². The van der Waals surface area contributed by atoms with E-state index in [1.165, 1.54) is 0 Å². The number of hydrogen-bond acceptors (Lipinski definition) is 3. The molecule has 15 heavy (non-hydrogen) atoms. The van der Waals surface area contributed by atoms with Crippen LogP contribution in [0.25, 0.3) is 0 Å². The summed E-state index contributed by atoms with van der Waals surface area (Å²) >= 11 is 1.75. The Bertz CT molecular complexity index is 200. The van der Waals surface area contributed by atoms with Crippen molar-refractivity contribution < 1.29 is 4.79 Å². The minimum absolute atomic E-state index is 0.134. The molecule has 0 atom stereocenters. The van der Waals surface area contributed by atoms with Gasteiger partial charge in [0.2, 0.25) is 0 Å². The predicted molar refractivity (Wildman–Crippen MR) is 69.5 cm³/mol. The lowest BCUT2D eigenvalue weighted by Gasteiger charge is -2.25. The van der Waals surface area contributed by atoms with Gasteiger partial charge in [0.25, 0.3) is 0 Å². The molecule has 0 radical (unpaired) electrons. The van der Waals surface area contributed by atoms with Crippen LogP contribution in [-0.2, 0) is 4.79 Å². The second-order valence-electron chi connectivity index (χ2n) is 5.20. The van der Waals surface area contributed by atoms with Crippen LogP contribution in [0, 0.1) is 5.92 Å². The normalized spacial score (nSPS) is 12.5. The Kier molecular flexibility index (Phi) is 6.53. The molecule has 0 aromatic heterocycles. The van der Waals surface area contributed by atoms with E-state index < -0.39 is 0 Å². The highest BCUT2D eigenvalue weighted by atomic mass is 32.2. The first-order valence-corrected chi connectivity index (χ1v) is 6.63. The summed E-state index contributed by atoms with van der Waals surface area (Å²) in [5, 5.41) is 3.41. The summed E-state index contributed by atoms with van der Waals surface area (Å²) in [5.41, 5.74) is 0. The number of hydrogen-bond donors (Lipinski definition) is 1. The maximum Gasteiger partial charge on any atom is 0.145 e. The number of thioether (sulfide) groups is 1. The first-order valence-electron chi connectivity index (χ1n) is 5.64. The maximum atomic E-state index is 11.5. The molecule has 3 heteroatoms. The van der Waals surface area contributed by atoms with Crippen molar-refractivity contribution in [3.8, 4) is 0 Å². The summed E-state index contributed by atoms with van der Waals surface area (Å²) in [7, 11) is 0. The average Bonchev–Trinajstić information content (AvgIpc) is 2.11. The third kappa shape index (κ3) is 7.86. The molecule has 0 bridgehead atoms. The van der Waals surface area contributed by atoms with Gasteiger partial charge >= 0.3 is 0 Å². The largest absolute Gasteiger partial charge is 0.313 e. The minimum Gasteiger partial charge on any atom is -0.313 e. The van der Waals surface area contributed by atoms with E-state index in [2.05, 4.69) is 33.0 Å². The second-order valence-corrected chi connectivity index (χ2v) is 6.89. The Balaban J connectivity index is 3.88. The third-order valence-corrected chi connectivity index (χ3v) is 3.54. The van der Waals surface area contributed by atoms with Crippen LogP contribution in [0.15, 0.2) is 0 Å². The monoisotopic (exact) mass is 231 g/mol. The molecule has 0 aliphatic carbocycles. The zero-order valence-corrected chi connectivity index (χ0v) is 11.7. The molecule has 0 fully saturated rings. The van der Waals surface area contributed by atoms with Gasteiger partial charge in [0.15, 0.2) is 0 Å². The van der Waals surface area contributed by atoms with E-state index >= 15 is 0 Å². The van der Waals surface area contributed by atoms with Crippen molar-refractivity contribution in [2.75, 3.05) is 12.3 Å². The number of rotatable bonds is 7. The number of carbonyl (C=O) groups excluding carboxylic acids is 1. The lowest BCUT2D eigenvalue weighted by Crippen LogP contribution is -2.37. The Hall–Kier alpha value is -0.0200. The molecule has 0 heterocycles. The lowest BCUT2D eigenvalue weighted by molar-refractivity contribution is -0.119. The highest BCUT2D eigenvalue weighted by Crippen LogP contribution is 2.24. The maximum absolute atomic E-state index is 11.5. The SMILES string of the molecule is CC(C)NCC(C)(C)SCC(=O)C(C)C. The van der Waals surface area contributed by atoms with Gasteiger partial charge in [-0.15, -0.1) is 11.8 Å². The number of Topliss-reactive ketones (excluding diaryl/α,β-unsaturated/α-hetero) is 1. The first kappa shape index (κ1) is 15.0. The number of nitrogens with one attached hydrogen (secondary N) is 1. The highest BCUT2D eigenvalue weighted by Gasteiger charge is 2.20. The van der Waals surface area contributed by atoms with E-state index in [-0.39, 0.29) is 10.7 Å². The Morgan fingerprint density at radius 3 is 2.20 bits per heavy atom. The van der Waals surface area contributed by atoms with Crippen molar-refractivity contribution in [1.29, 1.82) is 0 Å². The molecule has 0 saturated carbocycles. The van der Waals surface area contributed by atoms with Gasteiger partial charge in [0.1, 0.15) is 5.78 Å². The summed E-state index contributed by atoms with van der Waals surface area (Å²) in [6.45, 7) is 13.5. The third-order valence-electron chi connectivity index (χ3n) is 2.19. The molecular weight excluding hydrogens is 206 g/mol. The molecule has 1 N–H and O–H groups in total. The van der Waals surface area contributed by atoms with Crippen molar-refractivity contribution >= 4 is 17.5 Å². The van der Waals surface area contributed by atoms with Gasteiger partial charge in [-0.2, -0.15) is 0 Å². The zero-order chi connectivity index (χ0) is 12.1. The van der Waals surface area contributed by atoms with Gasteiger partial charge in [-0.25, -0.2) is 0 Å². The number of carbonyl (C=O) groups is 1. The van der Waals surface area contributed by atoms with Crippen LogP contribution < -0.4 is 5.32 Å². The van der Waals surface area contributed by atoms with Crippen LogP contribution in [0.4, 0.5) is 0 Å².